The van der Waals surface area contributed by atoms with E-state index in [1.165, 1.54) is 6.07 Å². The van der Waals surface area contributed by atoms with Crippen LogP contribution >= 0.6 is 12.4 Å². The first-order valence-corrected chi connectivity index (χ1v) is 8.22. The average Bonchev–Trinajstić information content (AvgIpc) is 2.55. The molecule has 1 saturated carbocycles. The number of alkyl halides is 2. The number of halogens is 3. The second-order valence-electron chi connectivity index (χ2n) is 5.99. The van der Waals surface area contributed by atoms with Crippen LogP contribution in [0.1, 0.15) is 44.6 Å². The summed E-state index contributed by atoms with van der Waals surface area (Å²) in [6.07, 6.45) is 4.39. The zero-order valence-corrected chi connectivity index (χ0v) is 15.0. The third kappa shape index (κ3) is 6.01. The number of benzene rings is 1. The summed E-state index contributed by atoms with van der Waals surface area (Å²) in [5, 5.41) is 2.83. The van der Waals surface area contributed by atoms with Crippen molar-refractivity contribution in [1.82, 2.24) is 5.32 Å². The van der Waals surface area contributed by atoms with Crippen LogP contribution in [0.4, 0.5) is 8.78 Å². The van der Waals surface area contributed by atoms with Crippen LogP contribution in [-0.2, 0) is 11.3 Å². The summed E-state index contributed by atoms with van der Waals surface area (Å²) in [6.45, 7) is -0.589. The van der Waals surface area contributed by atoms with E-state index in [0.717, 1.165) is 24.8 Å². The summed E-state index contributed by atoms with van der Waals surface area (Å²) >= 11 is 0. The van der Waals surface area contributed by atoms with Crippen molar-refractivity contribution in [3.05, 3.63) is 23.8 Å². The number of nitrogens with one attached hydrogen (secondary N) is 1. The fraction of sp³-hybridized carbons (Fsp3) is 0.588. The first-order chi connectivity index (χ1) is 11.4. The molecule has 1 aliphatic rings. The molecule has 0 aromatic heterocycles. The Balaban J connectivity index is 0.00000312. The van der Waals surface area contributed by atoms with Crippen LogP contribution in [0.3, 0.4) is 0 Å². The lowest BCUT2D eigenvalue weighted by Gasteiger charge is -2.31. The fourth-order valence-electron chi connectivity index (χ4n) is 2.89. The number of rotatable bonds is 7. The SMILES string of the molecule is CCOc1cc(CNC(=O)C2(N)CCCCC2)ccc1OC(F)F.Cl. The Labute approximate surface area is 152 Å². The summed E-state index contributed by atoms with van der Waals surface area (Å²) in [4.78, 5) is 12.3. The quantitative estimate of drug-likeness (QED) is 0.762. The van der Waals surface area contributed by atoms with E-state index in [0.29, 0.717) is 19.4 Å². The molecule has 0 unspecified atom stereocenters. The smallest absolute Gasteiger partial charge is 0.387 e. The fourth-order valence-corrected chi connectivity index (χ4v) is 2.89. The zero-order valence-electron chi connectivity index (χ0n) is 14.2. The van der Waals surface area contributed by atoms with Crippen molar-refractivity contribution in [2.75, 3.05) is 6.61 Å². The highest BCUT2D eigenvalue weighted by Gasteiger charge is 2.34. The maximum Gasteiger partial charge on any atom is 0.387 e. The Kier molecular flexibility index (Phi) is 8.38. The largest absolute Gasteiger partial charge is 0.490 e. The number of hydrogen-bond acceptors (Lipinski definition) is 4. The molecule has 5 nitrogen and oxygen atoms in total. The lowest BCUT2D eigenvalue weighted by molar-refractivity contribution is -0.127. The van der Waals surface area contributed by atoms with Crippen molar-refractivity contribution in [2.45, 2.75) is 57.7 Å². The molecule has 1 fully saturated rings. The molecule has 0 aliphatic heterocycles. The predicted molar refractivity (Wildman–Crippen MR) is 93.3 cm³/mol. The normalized spacial score (nSPS) is 16.0. The number of hydrogen-bond donors (Lipinski definition) is 2. The maximum absolute atomic E-state index is 12.4. The monoisotopic (exact) mass is 378 g/mol. The number of ether oxygens (including phenoxy) is 2. The number of nitrogens with two attached hydrogens (primary N) is 1. The lowest BCUT2D eigenvalue weighted by atomic mass is 9.82. The summed E-state index contributed by atoms with van der Waals surface area (Å²) < 4.78 is 34.5. The summed E-state index contributed by atoms with van der Waals surface area (Å²) in [5.74, 6) is 0.0299. The van der Waals surface area contributed by atoms with Crippen LogP contribution in [0.5, 0.6) is 11.5 Å². The predicted octanol–water partition coefficient (Wildman–Crippen LogP) is 3.39. The van der Waals surface area contributed by atoms with Gasteiger partial charge in [0.2, 0.25) is 5.91 Å². The molecule has 1 aromatic carbocycles. The van der Waals surface area contributed by atoms with Crippen molar-refractivity contribution in [3.63, 3.8) is 0 Å². The van der Waals surface area contributed by atoms with E-state index in [1.807, 2.05) is 0 Å². The molecule has 0 bridgehead atoms. The molecule has 1 aliphatic carbocycles. The van der Waals surface area contributed by atoms with Gasteiger partial charge in [-0.2, -0.15) is 8.78 Å². The summed E-state index contributed by atoms with van der Waals surface area (Å²) in [5.41, 5.74) is 6.11. The highest BCUT2D eigenvalue weighted by Crippen LogP contribution is 2.30. The van der Waals surface area contributed by atoms with Crippen molar-refractivity contribution >= 4 is 18.3 Å². The van der Waals surface area contributed by atoms with Crippen molar-refractivity contribution in [2.24, 2.45) is 5.73 Å². The minimum atomic E-state index is -2.92. The van der Waals surface area contributed by atoms with Crippen LogP contribution in [0.15, 0.2) is 18.2 Å². The molecule has 0 saturated heterocycles. The zero-order chi connectivity index (χ0) is 17.6. The van der Waals surface area contributed by atoms with Crippen molar-refractivity contribution in [1.29, 1.82) is 0 Å². The molecule has 0 atom stereocenters. The van der Waals surface area contributed by atoms with E-state index < -0.39 is 12.2 Å². The summed E-state index contributed by atoms with van der Waals surface area (Å²) in [6, 6.07) is 4.62. The maximum atomic E-state index is 12.4. The van der Waals surface area contributed by atoms with Gasteiger partial charge in [-0.3, -0.25) is 4.79 Å². The molecule has 0 radical (unpaired) electrons. The van der Waals surface area contributed by atoms with Crippen LogP contribution in [0.25, 0.3) is 0 Å². The first kappa shape index (κ1) is 21.4. The molecule has 3 N–H and O–H groups in total. The average molecular weight is 379 g/mol. The second-order valence-corrected chi connectivity index (χ2v) is 5.99. The second kappa shape index (κ2) is 9.77. The van der Waals surface area contributed by atoms with Gasteiger partial charge in [0.05, 0.1) is 12.1 Å². The molecular formula is C17H25ClF2N2O3. The Morgan fingerprint density at radius 3 is 2.56 bits per heavy atom. The standard InChI is InChI=1S/C17H24F2N2O3.ClH/c1-2-23-14-10-12(6-7-13(14)24-16(18)19)11-21-15(22)17(20)8-4-3-5-9-17;/h6-7,10,16H,2-5,8-9,11,20H2,1H3,(H,21,22);1H. The van der Waals surface area contributed by atoms with Gasteiger partial charge in [-0.05, 0) is 37.5 Å². The first-order valence-electron chi connectivity index (χ1n) is 8.22. The Bertz CT molecular complexity index is 567. The summed E-state index contributed by atoms with van der Waals surface area (Å²) in [7, 11) is 0. The van der Waals surface area contributed by atoms with E-state index in [1.54, 1.807) is 19.1 Å². The van der Waals surface area contributed by atoms with Crippen molar-refractivity contribution in [3.8, 4) is 11.5 Å². The van der Waals surface area contributed by atoms with Crippen LogP contribution in [-0.4, -0.2) is 24.7 Å². The van der Waals surface area contributed by atoms with Gasteiger partial charge < -0.3 is 20.5 Å². The van der Waals surface area contributed by atoms with Crippen LogP contribution < -0.4 is 20.5 Å². The van der Waals surface area contributed by atoms with Gasteiger partial charge >= 0.3 is 6.61 Å². The van der Waals surface area contributed by atoms with Crippen LogP contribution in [0.2, 0.25) is 0 Å². The van der Waals surface area contributed by atoms with Crippen LogP contribution in [0, 0.1) is 0 Å². The topological polar surface area (TPSA) is 73.6 Å². The molecule has 1 aromatic rings. The van der Waals surface area contributed by atoms with E-state index in [2.05, 4.69) is 10.1 Å². The van der Waals surface area contributed by atoms with Gasteiger partial charge in [0.1, 0.15) is 0 Å². The Morgan fingerprint density at radius 2 is 1.96 bits per heavy atom. The number of carbonyl (C=O) groups is 1. The third-order valence-electron chi connectivity index (χ3n) is 4.18. The minimum absolute atomic E-state index is 0. The molecular weight excluding hydrogens is 354 g/mol. The lowest BCUT2D eigenvalue weighted by Crippen LogP contribution is -2.54. The van der Waals surface area contributed by atoms with Gasteiger partial charge in [-0.15, -0.1) is 12.4 Å². The Morgan fingerprint density at radius 1 is 1.28 bits per heavy atom. The molecule has 142 valence electrons. The minimum Gasteiger partial charge on any atom is -0.490 e. The molecule has 8 heteroatoms. The van der Waals surface area contributed by atoms with Gasteiger partial charge in [0.25, 0.3) is 0 Å². The molecule has 25 heavy (non-hydrogen) atoms. The molecule has 2 rings (SSSR count). The molecule has 1 amide bonds. The Hall–Kier alpha value is -1.60. The number of carbonyl (C=O) groups excluding carboxylic acids is 1. The number of amides is 1. The molecule has 0 spiro atoms. The van der Waals surface area contributed by atoms with E-state index >= 15 is 0 Å². The molecule has 0 heterocycles. The third-order valence-corrected chi connectivity index (χ3v) is 4.18. The highest BCUT2D eigenvalue weighted by molar-refractivity contribution is 5.86. The van der Waals surface area contributed by atoms with Crippen molar-refractivity contribution < 1.29 is 23.0 Å². The van der Waals surface area contributed by atoms with E-state index in [-0.39, 0.29) is 36.4 Å². The van der Waals surface area contributed by atoms with Gasteiger partial charge in [0, 0.05) is 6.54 Å². The van der Waals surface area contributed by atoms with Gasteiger partial charge in [-0.1, -0.05) is 25.3 Å². The highest BCUT2D eigenvalue weighted by atomic mass is 35.5. The van der Waals surface area contributed by atoms with Gasteiger partial charge in [-0.25, -0.2) is 0 Å². The van der Waals surface area contributed by atoms with Gasteiger partial charge in [0.15, 0.2) is 11.5 Å². The van der Waals surface area contributed by atoms with E-state index in [9.17, 15) is 13.6 Å². The van der Waals surface area contributed by atoms with E-state index in [4.69, 9.17) is 10.5 Å².